The second kappa shape index (κ2) is 8.53. The van der Waals surface area contributed by atoms with Gasteiger partial charge in [0, 0.05) is 22.9 Å². The monoisotopic (exact) mass is 445 g/mol. The summed E-state index contributed by atoms with van der Waals surface area (Å²) in [6.07, 6.45) is 0. The Morgan fingerprint density at radius 3 is 2.63 bits per heavy atom. The first-order chi connectivity index (χ1) is 14.5. The zero-order valence-electron chi connectivity index (χ0n) is 16.3. The first-order valence-electron chi connectivity index (χ1n) is 9.22. The summed E-state index contributed by atoms with van der Waals surface area (Å²) in [6, 6.07) is 12.0. The Hall–Kier alpha value is -2.77. The third-order valence-electron chi connectivity index (χ3n) is 4.69. The van der Waals surface area contributed by atoms with Gasteiger partial charge in [0.25, 0.3) is 0 Å². The SMILES string of the molecule is Cc1c(-c2nc(-c3c(F)cccc3Cl)nn2C)csc1-c1ccc(OCCF)cc1. The molecule has 30 heavy (non-hydrogen) atoms. The van der Waals surface area contributed by atoms with Crippen molar-refractivity contribution in [2.45, 2.75) is 6.92 Å². The Labute approximate surface area is 181 Å². The number of rotatable bonds is 6. The van der Waals surface area contributed by atoms with E-state index in [0.717, 1.165) is 21.6 Å². The van der Waals surface area contributed by atoms with Gasteiger partial charge in [-0.25, -0.2) is 18.4 Å². The maximum absolute atomic E-state index is 14.3. The molecule has 0 amide bonds. The molecule has 2 aromatic heterocycles. The highest BCUT2D eigenvalue weighted by molar-refractivity contribution is 7.14. The number of benzene rings is 2. The molecule has 2 heterocycles. The van der Waals surface area contributed by atoms with Crippen LogP contribution >= 0.6 is 22.9 Å². The molecule has 0 atom stereocenters. The Morgan fingerprint density at radius 2 is 1.93 bits per heavy atom. The molecule has 4 rings (SSSR count). The summed E-state index contributed by atoms with van der Waals surface area (Å²) >= 11 is 7.76. The van der Waals surface area contributed by atoms with E-state index in [1.807, 2.05) is 36.6 Å². The lowest BCUT2D eigenvalue weighted by molar-refractivity contribution is 0.273. The molecule has 0 bridgehead atoms. The molecule has 0 N–H and O–H groups in total. The van der Waals surface area contributed by atoms with Crippen LogP contribution in [0, 0.1) is 12.7 Å². The molecule has 4 nitrogen and oxygen atoms in total. The molecule has 2 aromatic carbocycles. The fraction of sp³-hybridized carbons (Fsp3) is 0.182. The van der Waals surface area contributed by atoms with E-state index in [0.29, 0.717) is 11.6 Å². The van der Waals surface area contributed by atoms with E-state index in [9.17, 15) is 8.78 Å². The Balaban J connectivity index is 1.68. The standard InChI is InChI=1S/C22H18ClF2N3OS/c1-13-16(12-30-20(13)14-6-8-15(9-7-14)29-11-10-24)22-26-21(27-28(22)2)19-17(23)4-3-5-18(19)25/h3-9,12H,10-11H2,1-2H3. The van der Waals surface area contributed by atoms with Crippen molar-refractivity contribution < 1.29 is 13.5 Å². The summed E-state index contributed by atoms with van der Waals surface area (Å²) in [5.41, 5.74) is 3.18. The van der Waals surface area contributed by atoms with E-state index >= 15 is 0 Å². The van der Waals surface area contributed by atoms with Crippen LogP contribution in [0.15, 0.2) is 47.8 Å². The fourth-order valence-corrected chi connectivity index (χ4v) is 4.54. The molecular weight excluding hydrogens is 428 g/mol. The molecule has 4 aromatic rings. The highest BCUT2D eigenvalue weighted by Crippen LogP contribution is 2.38. The Morgan fingerprint density at radius 1 is 1.17 bits per heavy atom. The molecule has 0 aliphatic rings. The second-order valence-corrected chi connectivity index (χ2v) is 7.93. The van der Waals surface area contributed by atoms with Gasteiger partial charge < -0.3 is 4.74 Å². The van der Waals surface area contributed by atoms with Crippen LogP contribution in [0.3, 0.4) is 0 Å². The topological polar surface area (TPSA) is 39.9 Å². The predicted molar refractivity (Wildman–Crippen MR) is 116 cm³/mol. The molecule has 0 aliphatic heterocycles. The number of nitrogens with zero attached hydrogens (tertiary/aromatic N) is 3. The normalized spacial score (nSPS) is 11.1. The minimum atomic E-state index is -0.521. The van der Waals surface area contributed by atoms with Gasteiger partial charge in [-0.05, 0) is 54.4 Å². The number of aryl methyl sites for hydroxylation is 1. The molecule has 0 radical (unpaired) electrons. The number of hydrogen-bond acceptors (Lipinski definition) is 4. The number of ether oxygens (including phenoxy) is 1. The number of aromatic nitrogens is 3. The van der Waals surface area contributed by atoms with Crippen molar-refractivity contribution in [3.05, 3.63) is 64.2 Å². The van der Waals surface area contributed by atoms with Crippen molar-refractivity contribution in [2.24, 2.45) is 7.05 Å². The van der Waals surface area contributed by atoms with Gasteiger partial charge in [0.2, 0.25) is 0 Å². The summed E-state index contributed by atoms with van der Waals surface area (Å²) in [6.45, 7) is 1.54. The lowest BCUT2D eigenvalue weighted by Crippen LogP contribution is -1.98. The van der Waals surface area contributed by atoms with Crippen LogP contribution in [0.4, 0.5) is 8.78 Å². The highest BCUT2D eigenvalue weighted by Gasteiger charge is 2.20. The molecule has 8 heteroatoms. The number of hydrogen-bond donors (Lipinski definition) is 0. The minimum Gasteiger partial charge on any atom is -0.491 e. The van der Waals surface area contributed by atoms with Crippen LogP contribution < -0.4 is 4.74 Å². The van der Waals surface area contributed by atoms with Gasteiger partial charge in [0.05, 0.1) is 10.6 Å². The molecular formula is C22H18ClF2N3OS. The maximum atomic E-state index is 14.3. The molecule has 154 valence electrons. The van der Waals surface area contributed by atoms with Gasteiger partial charge in [-0.1, -0.05) is 17.7 Å². The van der Waals surface area contributed by atoms with E-state index in [1.165, 1.54) is 6.07 Å². The van der Waals surface area contributed by atoms with Crippen LogP contribution in [0.2, 0.25) is 5.02 Å². The average Bonchev–Trinajstić information content (AvgIpc) is 3.29. The van der Waals surface area contributed by atoms with Crippen molar-refractivity contribution in [3.8, 4) is 39.0 Å². The lowest BCUT2D eigenvalue weighted by Gasteiger charge is -2.06. The predicted octanol–water partition coefficient (Wildman–Crippen LogP) is 6.33. The van der Waals surface area contributed by atoms with Crippen molar-refractivity contribution in [2.75, 3.05) is 13.3 Å². The zero-order valence-corrected chi connectivity index (χ0v) is 17.9. The summed E-state index contributed by atoms with van der Waals surface area (Å²) in [5, 5.41) is 6.66. The van der Waals surface area contributed by atoms with Crippen molar-refractivity contribution in [3.63, 3.8) is 0 Å². The first kappa shape index (κ1) is 20.5. The highest BCUT2D eigenvalue weighted by atomic mass is 35.5. The van der Waals surface area contributed by atoms with E-state index in [2.05, 4.69) is 10.1 Å². The number of alkyl halides is 1. The van der Waals surface area contributed by atoms with Crippen molar-refractivity contribution in [1.29, 1.82) is 0 Å². The zero-order chi connectivity index (χ0) is 21.3. The smallest absolute Gasteiger partial charge is 0.186 e. The third kappa shape index (κ3) is 3.82. The lowest BCUT2D eigenvalue weighted by atomic mass is 10.1. The van der Waals surface area contributed by atoms with Gasteiger partial charge in [0.1, 0.15) is 24.8 Å². The minimum absolute atomic E-state index is 0.0437. The fourth-order valence-electron chi connectivity index (χ4n) is 3.22. The van der Waals surface area contributed by atoms with Gasteiger partial charge in [-0.3, -0.25) is 0 Å². The van der Waals surface area contributed by atoms with E-state index in [1.54, 1.807) is 35.2 Å². The van der Waals surface area contributed by atoms with E-state index < -0.39 is 12.5 Å². The van der Waals surface area contributed by atoms with Gasteiger partial charge in [-0.15, -0.1) is 11.3 Å². The van der Waals surface area contributed by atoms with Crippen LogP contribution in [-0.4, -0.2) is 28.0 Å². The number of thiophene rings is 1. The van der Waals surface area contributed by atoms with Crippen LogP contribution in [0.25, 0.3) is 33.2 Å². The Kier molecular flexibility index (Phi) is 5.83. The summed E-state index contributed by atoms with van der Waals surface area (Å²) in [7, 11) is 1.77. The van der Waals surface area contributed by atoms with E-state index in [4.69, 9.17) is 16.3 Å². The van der Waals surface area contributed by atoms with Crippen molar-refractivity contribution >= 4 is 22.9 Å². The van der Waals surface area contributed by atoms with Crippen LogP contribution in [0.1, 0.15) is 5.56 Å². The largest absolute Gasteiger partial charge is 0.491 e. The van der Waals surface area contributed by atoms with Gasteiger partial charge >= 0.3 is 0 Å². The Bertz CT molecular complexity index is 1170. The van der Waals surface area contributed by atoms with Gasteiger partial charge in [0.15, 0.2) is 11.6 Å². The van der Waals surface area contributed by atoms with Gasteiger partial charge in [-0.2, -0.15) is 5.10 Å². The van der Waals surface area contributed by atoms with E-state index in [-0.39, 0.29) is 23.0 Å². The second-order valence-electron chi connectivity index (χ2n) is 6.64. The summed E-state index contributed by atoms with van der Waals surface area (Å²) in [4.78, 5) is 5.65. The number of halogens is 3. The molecule has 0 unspecified atom stereocenters. The molecule has 0 aliphatic carbocycles. The summed E-state index contributed by atoms with van der Waals surface area (Å²) in [5.74, 6) is 1.05. The maximum Gasteiger partial charge on any atom is 0.186 e. The quantitative estimate of drug-likeness (QED) is 0.348. The molecule has 0 saturated heterocycles. The molecule has 0 spiro atoms. The summed E-state index contributed by atoms with van der Waals surface area (Å²) < 4.78 is 33.5. The third-order valence-corrected chi connectivity index (χ3v) is 6.14. The first-order valence-corrected chi connectivity index (χ1v) is 10.5. The van der Waals surface area contributed by atoms with Crippen LogP contribution in [0.5, 0.6) is 5.75 Å². The average molecular weight is 446 g/mol. The van der Waals surface area contributed by atoms with Crippen LogP contribution in [-0.2, 0) is 7.05 Å². The molecule has 0 fully saturated rings. The molecule has 0 saturated carbocycles. The van der Waals surface area contributed by atoms with Crippen molar-refractivity contribution in [1.82, 2.24) is 14.8 Å².